The van der Waals surface area contributed by atoms with Crippen LogP contribution in [0.2, 0.25) is 0 Å². The number of rotatable bonds is 6. The summed E-state index contributed by atoms with van der Waals surface area (Å²) in [5, 5.41) is 13.2. The number of hydrogen-bond donors (Lipinski definition) is 1. The zero-order chi connectivity index (χ0) is 15.1. The van der Waals surface area contributed by atoms with Crippen molar-refractivity contribution in [2.24, 2.45) is 0 Å². The Morgan fingerprint density at radius 2 is 2.00 bits per heavy atom. The topological polar surface area (TPSA) is 102 Å². The molecule has 8 nitrogen and oxygen atoms in total. The molecule has 0 fully saturated rings. The van der Waals surface area contributed by atoms with Gasteiger partial charge >= 0.3 is 5.97 Å². The van der Waals surface area contributed by atoms with E-state index >= 15 is 0 Å². The number of nitrogens with zero attached hydrogens (tertiary/aromatic N) is 2. The van der Waals surface area contributed by atoms with Crippen molar-refractivity contribution in [3.05, 3.63) is 34.4 Å². The van der Waals surface area contributed by atoms with E-state index in [9.17, 15) is 19.7 Å². The summed E-state index contributed by atoms with van der Waals surface area (Å²) in [6.07, 6.45) is 0. The maximum absolute atomic E-state index is 11.7. The minimum atomic E-state index is -0.576. The number of likely N-dealkylation sites (N-methyl/N-ethyl adjacent to an activating group) is 1. The number of hydrogen-bond acceptors (Lipinski definition) is 6. The van der Waals surface area contributed by atoms with Gasteiger partial charge < -0.3 is 10.1 Å². The second-order valence-corrected chi connectivity index (χ2v) is 4.07. The predicted octanol–water partition coefficient (Wildman–Crippen LogP) is 0.638. The van der Waals surface area contributed by atoms with Crippen molar-refractivity contribution in [2.45, 2.75) is 0 Å². The molecule has 0 saturated heterocycles. The minimum absolute atomic E-state index is 0.0409. The van der Waals surface area contributed by atoms with Crippen molar-refractivity contribution in [3.8, 4) is 0 Å². The second-order valence-electron chi connectivity index (χ2n) is 4.07. The molecule has 0 radical (unpaired) electrons. The van der Waals surface area contributed by atoms with Gasteiger partial charge in [0.15, 0.2) is 0 Å². The van der Waals surface area contributed by atoms with Crippen LogP contribution in [-0.4, -0.2) is 48.9 Å². The SMILES string of the molecule is COC(=O)CN(C)CC(=O)Nc1ccccc1[N+](=O)[O-]. The van der Waals surface area contributed by atoms with Gasteiger partial charge in [-0.05, 0) is 13.1 Å². The standard InChI is InChI=1S/C12H15N3O5/c1-14(8-12(17)20-2)7-11(16)13-9-5-3-4-6-10(9)15(18)19/h3-6H,7-8H2,1-2H3,(H,13,16). The van der Waals surface area contributed by atoms with Gasteiger partial charge in [0.05, 0.1) is 25.1 Å². The summed E-state index contributed by atoms with van der Waals surface area (Å²) in [6, 6.07) is 5.84. The van der Waals surface area contributed by atoms with Crippen LogP contribution in [0, 0.1) is 10.1 Å². The van der Waals surface area contributed by atoms with Crippen LogP contribution in [0.3, 0.4) is 0 Å². The number of para-hydroxylation sites is 2. The third kappa shape index (κ3) is 4.65. The molecule has 108 valence electrons. The summed E-state index contributed by atoms with van der Waals surface area (Å²) >= 11 is 0. The zero-order valence-corrected chi connectivity index (χ0v) is 11.2. The first-order chi connectivity index (χ1) is 9.43. The smallest absolute Gasteiger partial charge is 0.319 e. The molecule has 20 heavy (non-hydrogen) atoms. The van der Waals surface area contributed by atoms with E-state index in [-0.39, 0.29) is 24.5 Å². The van der Waals surface area contributed by atoms with Crippen LogP contribution in [0.4, 0.5) is 11.4 Å². The van der Waals surface area contributed by atoms with E-state index < -0.39 is 16.8 Å². The Bertz CT molecular complexity index is 518. The average molecular weight is 281 g/mol. The van der Waals surface area contributed by atoms with E-state index in [0.717, 1.165) is 0 Å². The molecule has 0 aliphatic heterocycles. The van der Waals surface area contributed by atoms with Crippen molar-refractivity contribution >= 4 is 23.3 Å². The van der Waals surface area contributed by atoms with Gasteiger partial charge in [0, 0.05) is 6.07 Å². The fourth-order valence-corrected chi connectivity index (χ4v) is 1.51. The summed E-state index contributed by atoms with van der Waals surface area (Å²) in [6.45, 7) is -0.123. The lowest BCUT2D eigenvalue weighted by Crippen LogP contribution is -2.34. The van der Waals surface area contributed by atoms with Gasteiger partial charge in [0.2, 0.25) is 5.91 Å². The first kappa shape index (κ1) is 15.6. The summed E-state index contributed by atoms with van der Waals surface area (Å²) in [4.78, 5) is 34.4. The molecule has 1 aromatic rings. The number of nitro benzene ring substituents is 1. The maximum Gasteiger partial charge on any atom is 0.319 e. The normalized spacial score (nSPS) is 10.2. The Balaban J connectivity index is 2.63. The van der Waals surface area contributed by atoms with Gasteiger partial charge in [-0.1, -0.05) is 12.1 Å². The number of nitrogens with one attached hydrogen (secondary N) is 1. The Hall–Kier alpha value is -2.48. The van der Waals surface area contributed by atoms with Crippen LogP contribution >= 0.6 is 0 Å². The van der Waals surface area contributed by atoms with E-state index in [4.69, 9.17) is 0 Å². The number of anilines is 1. The van der Waals surface area contributed by atoms with Gasteiger partial charge in [-0.2, -0.15) is 0 Å². The van der Waals surface area contributed by atoms with Crippen molar-refractivity contribution in [2.75, 3.05) is 32.6 Å². The summed E-state index contributed by atoms with van der Waals surface area (Å²) < 4.78 is 4.47. The van der Waals surface area contributed by atoms with E-state index in [2.05, 4.69) is 10.1 Å². The molecule has 0 heterocycles. The number of amides is 1. The molecular weight excluding hydrogens is 266 g/mol. The molecule has 0 aromatic heterocycles. The molecule has 1 N–H and O–H groups in total. The lowest BCUT2D eigenvalue weighted by atomic mass is 10.2. The molecule has 0 unspecified atom stereocenters. The molecule has 0 aliphatic rings. The Morgan fingerprint density at radius 3 is 2.60 bits per heavy atom. The van der Waals surface area contributed by atoms with Crippen LogP contribution in [0.25, 0.3) is 0 Å². The number of methoxy groups -OCH3 is 1. The van der Waals surface area contributed by atoms with Crippen molar-refractivity contribution in [1.82, 2.24) is 4.90 Å². The monoisotopic (exact) mass is 281 g/mol. The van der Waals surface area contributed by atoms with Crippen molar-refractivity contribution in [1.29, 1.82) is 0 Å². The molecule has 0 spiro atoms. The van der Waals surface area contributed by atoms with Gasteiger partial charge in [0.25, 0.3) is 5.69 Å². The van der Waals surface area contributed by atoms with Gasteiger partial charge in [-0.3, -0.25) is 24.6 Å². The fourth-order valence-electron chi connectivity index (χ4n) is 1.51. The highest BCUT2D eigenvalue weighted by Gasteiger charge is 2.16. The molecule has 1 aromatic carbocycles. The zero-order valence-electron chi connectivity index (χ0n) is 11.2. The number of ether oxygens (including phenoxy) is 1. The lowest BCUT2D eigenvalue weighted by molar-refractivity contribution is -0.383. The number of carbonyl (C=O) groups is 2. The highest BCUT2D eigenvalue weighted by Crippen LogP contribution is 2.22. The molecule has 8 heteroatoms. The minimum Gasteiger partial charge on any atom is -0.468 e. The highest BCUT2D eigenvalue weighted by atomic mass is 16.6. The first-order valence-electron chi connectivity index (χ1n) is 5.72. The van der Waals surface area contributed by atoms with Crippen LogP contribution < -0.4 is 5.32 Å². The summed E-state index contributed by atoms with van der Waals surface area (Å²) in [5.41, 5.74) is -0.0644. The van der Waals surface area contributed by atoms with E-state index in [1.54, 1.807) is 13.1 Å². The largest absolute Gasteiger partial charge is 0.468 e. The lowest BCUT2D eigenvalue weighted by Gasteiger charge is -2.14. The van der Waals surface area contributed by atoms with Crippen LogP contribution in [-0.2, 0) is 14.3 Å². The van der Waals surface area contributed by atoms with Gasteiger partial charge in [-0.15, -0.1) is 0 Å². The third-order valence-electron chi connectivity index (χ3n) is 2.42. The summed E-state index contributed by atoms with van der Waals surface area (Å²) in [5.74, 6) is -0.920. The number of benzene rings is 1. The van der Waals surface area contributed by atoms with E-state index in [1.165, 1.54) is 30.2 Å². The molecular formula is C12H15N3O5. The number of carbonyl (C=O) groups excluding carboxylic acids is 2. The van der Waals surface area contributed by atoms with Crippen LogP contribution in [0.15, 0.2) is 24.3 Å². The Kier molecular flexibility index (Phi) is 5.60. The number of nitro groups is 1. The van der Waals surface area contributed by atoms with Gasteiger partial charge in [0.1, 0.15) is 5.69 Å². The second kappa shape index (κ2) is 7.19. The quantitative estimate of drug-likeness (QED) is 0.466. The maximum atomic E-state index is 11.7. The average Bonchev–Trinajstić information content (AvgIpc) is 2.38. The van der Waals surface area contributed by atoms with Crippen molar-refractivity contribution < 1.29 is 19.2 Å². The van der Waals surface area contributed by atoms with E-state index in [0.29, 0.717) is 0 Å². The molecule has 0 saturated carbocycles. The first-order valence-corrected chi connectivity index (χ1v) is 5.72. The molecule has 0 aliphatic carbocycles. The fraction of sp³-hybridized carbons (Fsp3) is 0.333. The summed E-state index contributed by atoms with van der Waals surface area (Å²) in [7, 11) is 2.82. The molecule has 1 amide bonds. The molecule has 0 bridgehead atoms. The molecule has 0 atom stereocenters. The highest BCUT2D eigenvalue weighted by molar-refractivity contribution is 5.94. The third-order valence-corrected chi connectivity index (χ3v) is 2.42. The van der Waals surface area contributed by atoms with Crippen LogP contribution in [0.1, 0.15) is 0 Å². The van der Waals surface area contributed by atoms with Crippen LogP contribution in [0.5, 0.6) is 0 Å². The van der Waals surface area contributed by atoms with Gasteiger partial charge in [-0.25, -0.2) is 0 Å². The number of esters is 1. The Labute approximate surface area is 115 Å². The molecule has 1 rings (SSSR count). The predicted molar refractivity (Wildman–Crippen MR) is 71.2 cm³/mol. The van der Waals surface area contributed by atoms with Crippen molar-refractivity contribution in [3.63, 3.8) is 0 Å². The Morgan fingerprint density at radius 1 is 1.35 bits per heavy atom. The van der Waals surface area contributed by atoms with E-state index in [1.807, 2.05) is 0 Å².